The molecule has 3 rings (SSSR count). The van der Waals surface area contributed by atoms with Crippen molar-refractivity contribution in [2.45, 2.75) is 12.8 Å². The van der Waals surface area contributed by atoms with E-state index < -0.39 is 0 Å². The molecule has 0 bridgehead atoms. The predicted molar refractivity (Wildman–Crippen MR) is 69.6 cm³/mol. The average Bonchev–Trinajstić information content (AvgIpc) is 2.90. The molecule has 2 aromatic rings. The Morgan fingerprint density at radius 1 is 1.33 bits per heavy atom. The number of carbonyl (C=O) groups excluding carboxylic acids is 1. The predicted octanol–water partition coefficient (Wildman–Crippen LogP) is 2.45. The highest BCUT2D eigenvalue weighted by atomic mass is 16.3. The Hall–Kier alpha value is -2.23. The smallest absolute Gasteiger partial charge is 0.261 e. The van der Waals surface area contributed by atoms with Crippen molar-refractivity contribution in [2.24, 2.45) is 0 Å². The van der Waals surface area contributed by atoms with E-state index in [9.17, 15) is 4.79 Å². The van der Waals surface area contributed by atoms with E-state index in [1.165, 1.54) is 12.5 Å². The number of anilines is 2. The molecule has 1 aliphatic rings. The van der Waals surface area contributed by atoms with Gasteiger partial charge in [0.05, 0.1) is 11.8 Å². The standard InChI is InChI=1S/C14H14N2O2/c15-12-3-4-13-10(8-12)2-1-6-16(13)14(17)11-5-7-18-9-11/h3-5,7-9H,1-2,6,15H2. The largest absolute Gasteiger partial charge is 0.472 e. The quantitative estimate of drug-likeness (QED) is 0.781. The molecule has 0 saturated carbocycles. The zero-order chi connectivity index (χ0) is 12.5. The van der Waals surface area contributed by atoms with Crippen LogP contribution in [0.2, 0.25) is 0 Å². The zero-order valence-electron chi connectivity index (χ0n) is 9.93. The van der Waals surface area contributed by atoms with Gasteiger partial charge in [0.1, 0.15) is 6.26 Å². The van der Waals surface area contributed by atoms with Crippen LogP contribution in [-0.2, 0) is 6.42 Å². The number of hydrogen-bond donors (Lipinski definition) is 1. The molecule has 4 heteroatoms. The van der Waals surface area contributed by atoms with E-state index in [1.54, 1.807) is 11.0 Å². The van der Waals surface area contributed by atoms with E-state index in [2.05, 4.69) is 0 Å². The van der Waals surface area contributed by atoms with E-state index in [0.717, 1.165) is 36.3 Å². The lowest BCUT2D eigenvalue weighted by molar-refractivity contribution is 0.0984. The summed E-state index contributed by atoms with van der Waals surface area (Å²) >= 11 is 0. The summed E-state index contributed by atoms with van der Waals surface area (Å²) in [6.07, 6.45) is 4.92. The van der Waals surface area contributed by atoms with Crippen LogP contribution in [0.1, 0.15) is 22.3 Å². The molecule has 0 unspecified atom stereocenters. The van der Waals surface area contributed by atoms with Crippen molar-refractivity contribution in [3.05, 3.63) is 47.9 Å². The van der Waals surface area contributed by atoms with Crippen molar-refractivity contribution >= 4 is 17.3 Å². The number of fused-ring (bicyclic) bond motifs is 1. The van der Waals surface area contributed by atoms with Crippen molar-refractivity contribution < 1.29 is 9.21 Å². The molecule has 0 spiro atoms. The van der Waals surface area contributed by atoms with E-state index in [0.29, 0.717) is 5.56 Å². The van der Waals surface area contributed by atoms with Crippen molar-refractivity contribution in [3.8, 4) is 0 Å². The highest BCUT2D eigenvalue weighted by molar-refractivity contribution is 6.06. The number of nitrogen functional groups attached to an aromatic ring is 1. The van der Waals surface area contributed by atoms with Crippen LogP contribution in [0.25, 0.3) is 0 Å². The summed E-state index contributed by atoms with van der Waals surface area (Å²) in [5.41, 5.74) is 9.20. The maximum absolute atomic E-state index is 12.3. The van der Waals surface area contributed by atoms with Crippen LogP contribution in [0.15, 0.2) is 41.2 Å². The van der Waals surface area contributed by atoms with Gasteiger partial charge < -0.3 is 15.1 Å². The normalized spacial score (nSPS) is 14.3. The topological polar surface area (TPSA) is 59.5 Å². The van der Waals surface area contributed by atoms with Crippen molar-refractivity contribution in [3.63, 3.8) is 0 Å². The molecule has 92 valence electrons. The van der Waals surface area contributed by atoms with Crippen LogP contribution >= 0.6 is 0 Å². The summed E-state index contributed by atoms with van der Waals surface area (Å²) in [5, 5.41) is 0. The number of carbonyl (C=O) groups is 1. The summed E-state index contributed by atoms with van der Waals surface area (Å²) in [6, 6.07) is 7.39. The average molecular weight is 242 g/mol. The van der Waals surface area contributed by atoms with Gasteiger partial charge in [-0.3, -0.25) is 4.79 Å². The van der Waals surface area contributed by atoms with Crippen molar-refractivity contribution in [2.75, 3.05) is 17.2 Å². The Bertz CT molecular complexity index is 575. The maximum atomic E-state index is 12.3. The molecule has 0 radical (unpaired) electrons. The molecule has 1 aliphatic heterocycles. The van der Waals surface area contributed by atoms with Gasteiger partial charge >= 0.3 is 0 Å². The summed E-state index contributed by atoms with van der Waals surface area (Å²) in [4.78, 5) is 14.1. The molecular formula is C14H14N2O2. The Kier molecular flexibility index (Phi) is 2.55. The first-order valence-electron chi connectivity index (χ1n) is 5.98. The minimum absolute atomic E-state index is 0.0190. The molecular weight excluding hydrogens is 228 g/mol. The third-order valence-corrected chi connectivity index (χ3v) is 3.24. The highest BCUT2D eigenvalue weighted by Gasteiger charge is 2.24. The van der Waals surface area contributed by atoms with Gasteiger partial charge in [0.2, 0.25) is 0 Å². The number of amides is 1. The van der Waals surface area contributed by atoms with Gasteiger partial charge in [-0.15, -0.1) is 0 Å². The van der Waals surface area contributed by atoms with Crippen LogP contribution in [-0.4, -0.2) is 12.5 Å². The third kappa shape index (κ3) is 1.76. The summed E-state index contributed by atoms with van der Waals surface area (Å²) in [7, 11) is 0. The second-order valence-electron chi connectivity index (χ2n) is 4.46. The molecule has 0 atom stereocenters. The fourth-order valence-corrected chi connectivity index (χ4v) is 2.37. The first-order valence-corrected chi connectivity index (χ1v) is 5.98. The lowest BCUT2D eigenvalue weighted by Gasteiger charge is -2.29. The molecule has 0 fully saturated rings. The van der Waals surface area contributed by atoms with Gasteiger partial charge in [-0.25, -0.2) is 0 Å². The number of furan rings is 1. The second-order valence-corrected chi connectivity index (χ2v) is 4.46. The molecule has 2 heterocycles. The zero-order valence-corrected chi connectivity index (χ0v) is 9.93. The minimum atomic E-state index is -0.0190. The molecule has 0 aliphatic carbocycles. The fourth-order valence-electron chi connectivity index (χ4n) is 2.37. The first kappa shape index (κ1) is 10.9. The van der Waals surface area contributed by atoms with E-state index in [4.69, 9.17) is 10.2 Å². The van der Waals surface area contributed by atoms with Crippen molar-refractivity contribution in [1.29, 1.82) is 0 Å². The van der Waals surface area contributed by atoms with Crippen LogP contribution in [0, 0.1) is 0 Å². The molecule has 18 heavy (non-hydrogen) atoms. The van der Waals surface area contributed by atoms with Crippen LogP contribution in [0.5, 0.6) is 0 Å². The number of aryl methyl sites for hydroxylation is 1. The van der Waals surface area contributed by atoms with Gasteiger partial charge in [0.25, 0.3) is 5.91 Å². The Morgan fingerprint density at radius 2 is 2.22 bits per heavy atom. The maximum Gasteiger partial charge on any atom is 0.261 e. The van der Waals surface area contributed by atoms with Gasteiger partial charge in [-0.1, -0.05) is 0 Å². The SMILES string of the molecule is Nc1ccc2c(c1)CCCN2C(=O)c1ccoc1. The molecule has 0 saturated heterocycles. The van der Waals surface area contributed by atoms with Gasteiger partial charge in [-0.05, 0) is 42.7 Å². The van der Waals surface area contributed by atoms with Gasteiger partial charge in [0.15, 0.2) is 0 Å². The number of nitrogens with zero attached hydrogens (tertiary/aromatic N) is 1. The van der Waals surface area contributed by atoms with Crippen molar-refractivity contribution in [1.82, 2.24) is 0 Å². The monoisotopic (exact) mass is 242 g/mol. The first-order chi connectivity index (χ1) is 8.75. The minimum Gasteiger partial charge on any atom is -0.472 e. The molecule has 1 aromatic heterocycles. The molecule has 4 nitrogen and oxygen atoms in total. The fraction of sp³-hybridized carbons (Fsp3) is 0.214. The van der Waals surface area contributed by atoms with Crippen LogP contribution < -0.4 is 10.6 Å². The molecule has 1 amide bonds. The third-order valence-electron chi connectivity index (χ3n) is 3.24. The van der Waals surface area contributed by atoms with Gasteiger partial charge in [-0.2, -0.15) is 0 Å². The van der Waals surface area contributed by atoms with Crippen LogP contribution in [0.4, 0.5) is 11.4 Å². The molecule has 2 N–H and O–H groups in total. The number of rotatable bonds is 1. The van der Waals surface area contributed by atoms with E-state index >= 15 is 0 Å². The Morgan fingerprint density at radius 3 is 3.00 bits per heavy atom. The Balaban J connectivity index is 1.99. The van der Waals surface area contributed by atoms with Gasteiger partial charge in [0, 0.05) is 17.9 Å². The van der Waals surface area contributed by atoms with E-state index in [-0.39, 0.29) is 5.91 Å². The second kappa shape index (κ2) is 4.22. The number of hydrogen-bond acceptors (Lipinski definition) is 3. The highest BCUT2D eigenvalue weighted by Crippen LogP contribution is 2.30. The van der Waals surface area contributed by atoms with Crippen LogP contribution in [0.3, 0.4) is 0 Å². The molecule has 1 aromatic carbocycles. The number of benzene rings is 1. The number of nitrogens with two attached hydrogens (primary N) is 1. The lowest BCUT2D eigenvalue weighted by Crippen LogP contribution is -2.35. The Labute approximate surface area is 105 Å². The van der Waals surface area contributed by atoms with E-state index in [1.807, 2.05) is 18.2 Å². The lowest BCUT2D eigenvalue weighted by atomic mass is 10.0. The summed E-state index contributed by atoms with van der Waals surface area (Å²) in [6.45, 7) is 0.737. The summed E-state index contributed by atoms with van der Waals surface area (Å²) in [5.74, 6) is -0.0190. The summed E-state index contributed by atoms with van der Waals surface area (Å²) < 4.78 is 4.97.